The SMILES string of the molecule is COc1ccc(NC(=O)O[C@@H](c2ccc(OCCO[Si](CCC(F)(F)C(F)(F)C(F)(F)C(F)(F)C(F)(F)C(F)(F)C(F)(F)C(F)(F)F)(C(C)C)C(C)C)cc2)[C@H](C)/C=C/C(=O)NO)cc1. The Morgan fingerprint density at radius 3 is 1.57 bits per heavy atom. The number of methoxy groups -OCH3 is 1. The molecule has 0 radical (unpaired) electrons. The van der Waals surface area contributed by atoms with Crippen LogP contribution in [-0.2, 0) is 14.0 Å². The Kier molecular flexibility index (Phi) is 17.9. The Hall–Kier alpha value is -4.53. The van der Waals surface area contributed by atoms with E-state index >= 15 is 0 Å². The van der Waals surface area contributed by atoms with Gasteiger partial charge in [-0.25, -0.2) is 10.3 Å². The van der Waals surface area contributed by atoms with Gasteiger partial charge in [-0.1, -0.05) is 52.8 Å². The molecule has 0 aliphatic rings. The number of carbonyl (C=O) groups excluding carboxylic acids is 2. The van der Waals surface area contributed by atoms with Gasteiger partial charge in [0.2, 0.25) is 0 Å². The van der Waals surface area contributed by atoms with Gasteiger partial charge in [0.25, 0.3) is 5.91 Å². The average Bonchev–Trinajstić information content (AvgIpc) is 3.20. The highest BCUT2D eigenvalue weighted by molar-refractivity contribution is 6.76. The van der Waals surface area contributed by atoms with E-state index in [-0.39, 0.29) is 5.75 Å². The van der Waals surface area contributed by atoms with Crippen molar-refractivity contribution in [1.82, 2.24) is 5.48 Å². The summed E-state index contributed by atoms with van der Waals surface area (Å²) >= 11 is 0. The fourth-order valence-corrected chi connectivity index (χ4v) is 10.8. The summed E-state index contributed by atoms with van der Waals surface area (Å²) in [6, 6.07) is 10.3. The molecule has 9 nitrogen and oxygen atoms in total. The number of benzene rings is 2. The second-order valence-electron chi connectivity index (χ2n) is 15.1. The molecule has 0 aliphatic heterocycles. The van der Waals surface area contributed by atoms with Gasteiger partial charge < -0.3 is 18.6 Å². The van der Waals surface area contributed by atoms with Crippen LogP contribution in [0.3, 0.4) is 0 Å². The van der Waals surface area contributed by atoms with Crippen LogP contribution in [0.15, 0.2) is 60.7 Å². The van der Waals surface area contributed by atoms with E-state index in [2.05, 4.69) is 5.32 Å². The maximum Gasteiger partial charge on any atom is 0.460 e. The van der Waals surface area contributed by atoms with Crippen LogP contribution in [0.2, 0.25) is 17.1 Å². The van der Waals surface area contributed by atoms with Crippen LogP contribution in [0.1, 0.15) is 52.7 Å². The first kappa shape index (κ1) is 56.6. The Balaban J connectivity index is 2.29. The van der Waals surface area contributed by atoms with Gasteiger partial charge in [-0.3, -0.25) is 15.3 Å². The van der Waals surface area contributed by atoms with E-state index < -0.39 is 117 Å². The zero-order valence-corrected chi connectivity index (χ0v) is 35.7. The molecule has 0 fully saturated rings. The highest BCUT2D eigenvalue weighted by Gasteiger charge is 2.95. The number of rotatable bonds is 23. The quantitative estimate of drug-likeness (QED) is 0.0254. The third-order valence-corrected chi connectivity index (χ3v) is 15.9. The van der Waals surface area contributed by atoms with Crippen molar-refractivity contribution in [3.8, 4) is 11.5 Å². The molecular weight excluding hydrogens is 947 g/mol. The smallest absolute Gasteiger partial charge is 0.460 e. The summed E-state index contributed by atoms with van der Waals surface area (Å²) in [6.45, 7) is 5.76. The lowest BCUT2D eigenvalue weighted by molar-refractivity contribution is -0.461. The molecule has 0 aromatic heterocycles. The average molecular weight is 991 g/mol. The van der Waals surface area contributed by atoms with E-state index in [0.29, 0.717) is 17.0 Å². The van der Waals surface area contributed by atoms with Crippen molar-refractivity contribution < 1.29 is 108 Å². The number of carbonyl (C=O) groups is 2. The number of ether oxygens (including phenoxy) is 3. The van der Waals surface area contributed by atoms with Crippen LogP contribution >= 0.6 is 0 Å². The van der Waals surface area contributed by atoms with E-state index in [0.717, 1.165) is 6.08 Å². The number of hydrogen-bond donors (Lipinski definition) is 3. The Morgan fingerprint density at radius 1 is 0.662 bits per heavy atom. The van der Waals surface area contributed by atoms with Crippen LogP contribution in [0.5, 0.6) is 11.5 Å². The highest BCUT2D eigenvalue weighted by Crippen LogP contribution is 2.64. The number of amides is 2. The van der Waals surface area contributed by atoms with Gasteiger partial charge in [0.15, 0.2) is 8.32 Å². The maximum absolute atomic E-state index is 15.0. The summed E-state index contributed by atoms with van der Waals surface area (Å²) in [5.74, 6) is -58.0. The van der Waals surface area contributed by atoms with E-state index in [4.69, 9.17) is 23.8 Å². The predicted molar refractivity (Wildman–Crippen MR) is 198 cm³/mol. The first-order valence-corrected chi connectivity index (χ1v) is 21.0. The minimum atomic E-state index is -8.71. The zero-order valence-electron chi connectivity index (χ0n) is 34.7. The lowest BCUT2D eigenvalue weighted by Gasteiger charge is -2.44. The van der Waals surface area contributed by atoms with E-state index in [1.807, 2.05) is 0 Å². The molecule has 0 saturated carbocycles. The zero-order chi connectivity index (χ0) is 50.4. The van der Waals surface area contributed by atoms with Gasteiger partial charge in [0.1, 0.15) is 24.2 Å². The van der Waals surface area contributed by atoms with Gasteiger partial charge in [-0.15, -0.1) is 0 Å². The molecule has 2 aromatic rings. The molecule has 370 valence electrons. The number of nitrogens with one attached hydrogen (secondary N) is 2. The molecule has 0 aliphatic carbocycles. The highest BCUT2D eigenvalue weighted by atomic mass is 28.4. The van der Waals surface area contributed by atoms with Crippen LogP contribution in [0.4, 0.5) is 85.1 Å². The van der Waals surface area contributed by atoms with Crippen molar-refractivity contribution in [3.05, 3.63) is 66.2 Å². The summed E-state index contributed by atoms with van der Waals surface area (Å²) in [5, 5.41) is 11.3. The van der Waals surface area contributed by atoms with Crippen molar-refractivity contribution in [3.63, 3.8) is 0 Å². The van der Waals surface area contributed by atoms with E-state index in [1.165, 1.54) is 82.8 Å². The van der Waals surface area contributed by atoms with Crippen molar-refractivity contribution >= 4 is 26.0 Å². The van der Waals surface area contributed by atoms with Gasteiger partial charge in [0.05, 0.1) is 13.7 Å². The molecule has 0 spiro atoms. The molecule has 2 atom stereocenters. The number of halogens is 17. The Bertz CT molecular complexity index is 1910. The predicted octanol–water partition coefficient (Wildman–Crippen LogP) is 12.2. The van der Waals surface area contributed by atoms with E-state index in [9.17, 15) is 84.2 Å². The first-order chi connectivity index (χ1) is 29.5. The number of hydrogen-bond acceptors (Lipinski definition) is 7. The lowest BCUT2D eigenvalue weighted by Crippen LogP contribution is -2.74. The summed E-state index contributed by atoms with van der Waals surface area (Å²) in [6.07, 6.45) is -10.2. The molecule has 2 rings (SSSR count). The van der Waals surface area contributed by atoms with Crippen molar-refractivity contribution in [2.24, 2.45) is 5.92 Å². The summed E-state index contributed by atoms with van der Waals surface area (Å²) < 4.78 is 258. The Morgan fingerprint density at radius 2 is 1.12 bits per heavy atom. The molecule has 27 heteroatoms. The molecular formula is C38H43F17N2O7Si. The molecule has 3 N–H and O–H groups in total. The molecule has 2 aromatic carbocycles. The fraction of sp³-hybridized carbons (Fsp3) is 0.579. The van der Waals surface area contributed by atoms with Gasteiger partial charge in [0, 0.05) is 24.1 Å². The second-order valence-corrected chi connectivity index (χ2v) is 20.1. The minimum Gasteiger partial charge on any atom is -0.497 e. The normalized spacial score (nSPS) is 15.0. The largest absolute Gasteiger partial charge is 0.497 e. The second kappa shape index (κ2) is 20.5. The van der Waals surface area contributed by atoms with Crippen molar-refractivity contribution in [1.29, 1.82) is 0 Å². The third-order valence-electron chi connectivity index (χ3n) is 10.2. The standard InChI is InChI=1S/C38H43F17N2O7Si/c1-21(2)65(22(3)4,20-17-31(39,40)32(41,42)33(43,44)34(45,46)35(47,48)36(49,50)37(51,52)38(53,54)55)63-19-18-62-27-12-8-24(9-13-27)29(23(5)7-16-28(58)57-60)64-30(59)56-25-10-14-26(61-6)15-11-25/h7-16,21-23,29,60H,17-20H2,1-6H3,(H,56,59)(H,57,58)/b16-7+/t23-,29-/m1/s1. The molecule has 2 amide bonds. The molecule has 65 heavy (non-hydrogen) atoms. The van der Waals surface area contributed by atoms with Crippen LogP contribution in [-0.4, -0.2) is 93.5 Å². The summed E-state index contributed by atoms with van der Waals surface area (Å²) in [5.41, 5.74) is 0.229. The number of hydroxylamine groups is 1. The molecule has 0 unspecified atom stereocenters. The molecule has 0 heterocycles. The summed E-state index contributed by atoms with van der Waals surface area (Å²) in [7, 11) is -2.60. The van der Waals surface area contributed by atoms with Crippen LogP contribution in [0.25, 0.3) is 0 Å². The third kappa shape index (κ3) is 11.5. The van der Waals surface area contributed by atoms with Crippen LogP contribution < -0.4 is 20.3 Å². The minimum absolute atomic E-state index is 0.0766. The van der Waals surface area contributed by atoms with Crippen molar-refractivity contribution in [2.75, 3.05) is 25.6 Å². The van der Waals surface area contributed by atoms with Crippen LogP contribution in [0, 0.1) is 5.92 Å². The number of alkyl halides is 17. The molecule has 0 saturated heterocycles. The summed E-state index contributed by atoms with van der Waals surface area (Å²) in [4.78, 5) is 24.4. The number of anilines is 1. The Labute approximate surface area is 360 Å². The first-order valence-electron chi connectivity index (χ1n) is 18.8. The van der Waals surface area contributed by atoms with Gasteiger partial charge in [-0.2, -0.15) is 74.6 Å². The van der Waals surface area contributed by atoms with Gasteiger partial charge >= 0.3 is 53.7 Å². The van der Waals surface area contributed by atoms with Crippen molar-refractivity contribution in [2.45, 2.75) is 112 Å². The topological polar surface area (TPSA) is 115 Å². The monoisotopic (exact) mass is 990 g/mol. The fourth-order valence-electron chi connectivity index (χ4n) is 6.29. The van der Waals surface area contributed by atoms with Gasteiger partial charge in [-0.05, 0) is 59.1 Å². The molecule has 0 bridgehead atoms. The lowest BCUT2D eigenvalue weighted by atomic mass is 9.88. The maximum atomic E-state index is 15.0. The van der Waals surface area contributed by atoms with E-state index in [1.54, 1.807) is 19.1 Å².